The molecule has 3 rings (SSSR count). The molecule has 96 valence electrons. The van der Waals surface area contributed by atoms with Gasteiger partial charge < -0.3 is 19.8 Å². The van der Waals surface area contributed by atoms with Gasteiger partial charge in [0.2, 0.25) is 0 Å². The molecule has 3 heterocycles. The number of hydrogen-bond acceptors (Lipinski definition) is 5. The van der Waals surface area contributed by atoms with Gasteiger partial charge in [-0.2, -0.15) is 0 Å². The Labute approximate surface area is 105 Å². The van der Waals surface area contributed by atoms with E-state index in [4.69, 9.17) is 4.74 Å². The number of hydrogen-bond donors (Lipinski definition) is 2. The number of aromatic nitrogens is 3. The van der Waals surface area contributed by atoms with Gasteiger partial charge in [0, 0.05) is 26.0 Å². The van der Waals surface area contributed by atoms with Crippen molar-refractivity contribution in [1.29, 1.82) is 0 Å². The Bertz CT molecular complexity index is 559. The van der Waals surface area contributed by atoms with Gasteiger partial charge in [-0.25, -0.2) is 9.97 Å². The summed E-state index contributed by atoms with van der Waals surface area (Å²) in [5.41, 5.74) is 0.772. The third-order valence-electron chi connectivity index (χ3n) is 3.27. The first-order valence-corrected chi connectivity index (χ1v) is 6.08. The monoisotopic (exact) mass is 247 g/mol. The smallest absolute Gasteiger partial charge is 0.180 e. The third kappa shape index (κ3) is 1.88. The van der Waals surface area contributed by atoms with E-state index in [2.05, 4.69) is 27.5 Å². The predicted molar refractivity (Wildman–Crippen MR) is 70.0 cm³/mol. The molecule has 2 N–H and O–H groups in total. The second-order valence-electron chi connectivity index (χ2n) is 4.87. The molecule has 1 unspecified atom stereocenters. The van der Waals surface area contributed by atoms with Crippen molar-refractivity contribution in [2.24, 2.45) is 0 Å². The number of ether oxygens (including phenoxy) is 1. The molecule has 1 saturated heterocycles. The van der Waals surface area contributed by atoms with Gasteiger partial charge in [-0.15, -0.1) is 0 Å². The van der Waals surface area contributed by atoms with E-state index in [1.54, 1.807) is 6.20 Å². The van der Waals surface area contributed by atoms with Gasteiger partial charge in [0.25, 0.3) is 0 Å². The van der Waals surface area contributed by atoms with Crippen LogP contribution in [-0.2, 0) is 4.74 Å². The molecule has 0 spiro atoms. The summed E-state index contributed by atoms with van der Waals surface area (Å²) in [6.45, 7) is 3.64. The summed E-state index contributed by atoms with van der Waals surface area (Å²) in [6, 6.07) is 0. The van der Waals surface area contributed by atoms with E-state index >= 15 is 0 Å². The molecule has 1 aliphatic rings. The van der Waals surface area contributed by atoms with Gasteiger partial charge in [0.15, 0.2) is 11.5 Å². The summed E-state index contributed by atoms with van der Waals surface area (Å²) >= 11 is 0. The summed E-state index contributed by atoms with van der Waals surface area (Å²) in [6.07, 6.45) is 6.58. The predicted octanol–water partition coefficient (Wildman–Crippen LogP) is 1.36. The minimum absolute atomic E-state index is 0.0637. The largest absolute Gasteiger partial charge is 0.379 e. The lowest BCUT2D eigenvalue weighted by Crippen LogP contribution is -2.35. The van der Waals surface area contributed by atoms with Gasteiger partial charge in [-0.3, -0.25) is 0 Å². The van der Waals surface area contributed by atoms with Crippen LogP contribution in [0.25, 0.3) is 5.65 Å². The van der Waals surface area contributed by atoms with E-state index in [0.717, 1.165) is 30.3 Å². The zero-order valence-corrected chi connectivity index (χ0v) is 10.6. The van der Waals surface area contributed by atoms with Crippen LogP contribution in [0.5, 0.6) is 0 Å². The van der Waals surface area contributed by atoms with E-state index < -0.39 is 0 Å². The van der Waals surface area contributed by atoms with E-state index in [1.165, 1.54) is 0 Å². The maximum absolute atomic E-state index is 5.45. The van der Waals surface area contributed by atoms with Crippen LogP contribution in [-0.4, -0.2) is 40.2 Å². The molecule has 6 nitrogen and oxygen atoms in total. The van der Waals surface area contributed by atoms with Crippen molar-refractivity contribution in [2.75, 3.05) is 30.9 Å². The zero-order chi connectivity index (χ0) is 12.6. The minimum Gasteiger partial charge on any atom is -0.379 e. The Hall–Kier alpha value is -1.82. The molecule has 6 heteroatoms. The van der Waals surface area contributed by atoms with Crippen LogP contribution >= 0.6 is 0 Å². The van der Waals surface area contributed by atoms with Crippen molar-refractivity contribution in [2.45, 2.75) is 18.9 Å². The molecular weight excluding hydrogens is 230 g/mol. The van der Waals surface area contributed by atoms with Crippen LogP contribution in [0.4, 0.5) is 11.6 Å². The fourth-order valence-electron chi connectivity index (χ4n) is 2.19. The Balaban J connectivity index is 2.01. The van der Waals surface area contributed by atoms with E-state index in [9.17, 15) is 0 Å². The van der Waals surface area contributed by atoms with Crippen LogP contribution in [0, 0.1) is 0 Å². The maximum atomic E-state index is 5.45. The van der Waals surface area contributed by atoms with E-state index in [0.29, 0.717) is 6.61 Å². The molecule has 2 aromatic heterocycles. The lowest BCUT2D eigenvalue weighted by molar-refractivity contribution is 0.185. The number of nitrogens with zero attached hydrogens (tertiary/aromatic N) is 3. The van der Waals surface area contributed by atoms with Gasteiger partial charge in [0.05, 0.1) is 18.3 Å². The Morgan fingerprint density at radius 1 is 1.50 bits per heavy atom. The topological polar surface area (TPSA) is 63.5 Å². The number of fused-ring (bicyclic) bond motifs is 1. The van der Waals surface area contributed by atoms with Crippen LogP contribution in [0.2, 0.25) is 0 Å². The van der Waals surface area contributed by atoms with Crippen LogP contribution in [0.15, 0.2) is 18.6 Å². The maximum Gasteiger partial charge on any atom is 0.180 e. The lowest BCUT2D eigenvalue weighted by atomic mass is 10.0. The van der Waals surface area contributed by atoms with Gasteiger partial charge in [-0.1, -0.05) is 0 Å². The highest BCUT2D eigenvalue weighted by atomic mass is 16.5. The van der Waals surface area contributed by atoms with Gasteiger partial charge >= 0.3 is 0 Å². The van der Waals surface area contributed by atoms with E-state index in [-0.39, 0.29) is 5.54 Å². The second kappa shape index (κ2) is 4.13. The summed E-state index contributed by atoms with van der Waals surface area (Å²) < 4.78 is 7.41. The highest BCUT2D eigenvalue weighted by Crippen LogP contribution is 2.25. The molecule has 0 saturated carbocycles. The molecular formula is C12H17N5O. The fraction of sp³-hybridized carbons (Fsp3) is 0.500. The summed E-state index contributed by atoms with van der Waals surface area (Å²) in [4.78, 5) is 8.88. The fourth-order valence-corrected chi connectivity index (χ4v) is 2.19. The molecule has 1 fully saturated rings. The van der Waals surface area contributed by atoms with Crippen LogP contribution in [0.3, 0.4) is 0 Å². The lowest BCUT2D eigenvalue weighted by Gasteiger charge is -2.24. The molecule has 0 radical (unpaired) electrons. The Kier molecular flexibility index (Phi) is 2.59. The average Bonchev–Trinajstić information content (AvgIpc) is 2.97. The Morgan fingerprint density at radius 3 is 3.11 bits per heavy atom. The summed E-state index contributed by atoms with van der Waals surface area (Å²) in [7, 11) is 1.86. The van der Waals surface area contributed by atoms with Crippen LogP contribution < -0.4 is 10.6 Å². The van der Waals surface area contributed by atoms with Crippen molar-refractivity contribution < 1.29 is 4.74 Å². The standard InChI is InChI=1S/C12H17N5O/c1-12(3-6-18-8-12)16-10-11-14-4-5-17(11)7-9(13-2)15-10/h4-5,7,13H,3,6,8H2,1-2H3,(H,15,16). The number of imidazole rings is 1. The van der Waals surface area contributed by atoms with Crippen LogP contribution in [0.1, 0.15) is 13.3 Å². The van der Waals surface area contributed by atoms with Crippen molar-refractivity contribution in [3.63, 3.8) is 0 Å². The first-order chi connectivity index (χ1) is 8.70. The minimum atomic E-state index is -0.0637. The molecule has 2 aromatic rings. The van der Waals surface area contributed by atoms with E-state index in [1.807, 2.05) is 23.8 Å². The Morgan fingerprint density at radius 2 is 2.39 bits per heavy atom. The quantitative estimate of drug-likeness (QED) is 0.857. The highest BCUT2D eigenvalue weighted by molar-refractivity contribution is 5.66. The molecule has 18 heavy (non-hydrogen) atoms. The molecule has 0 aromatic carbocycles. The first-order valence-electron chi connectivity index (χ1n) is 6.08. The second-order valence-corrected chi connectivity index (χ2v) is 4.87. The van der Waals surface area contributed by atoms with Crippen molar-refractivity contribution in [3.05, 3.63) is 18.6 Å². The SMILES string of the molecule is CNc1cn2ccnc2c(NC2(C)CCOC2)n1. The van der Waals surface area contributed by atoms with Crippen molar-refractivity contribution in [3.8, 4) is 0 Å². The number of nitrogens with one attached hydrogen (secondary N) is 2. The third-order valence-corrected chi connectivity index (χ3v) is 3.27. The first kappa shape index (κ1) is 11.3. The normalized spacial score (nSPS) is 23.4. The molecule has 1 atom stereocenters. The molecule has 0 bridgehead atoms. The van der Waals surface area contributed by atoms with Gasteiger partial charge in [0.1, 0.15) is 5.82 Å². The number of anilines is 2. The highest BCUT2D eigenvalue weighted by Gasteiger charge is 2.30. The summed E-state index contributed by atoms with van der Waals surface area (Å²) in [5.74, 6) is 1.60. The van der Waals surface area contributed by atoms with Crippen molar-refractivity contribution in [1.82, 2.24) is 14.4 Å². The molecule has 0 amide bonds. The zero-order valence-electron chi connectivity index (χ0n) is 10.6. The van der Waals surface area contributed by atoms with Gasteiger partial charge in [-0.05, 0) is 13.3 Å². The summed E-state index contributed by atoms with van der Waals surface area (Å²) in [5, 5.41) is 6.52. The molecule has 1 aliphatic heterocycles. The molecule has 0 aliphatic carbocycles. The average molecular weight is 247 g/mol. The number of rotatable bonds is 3. The van der Waals surface area contributed by atoms with Crippen molar-refractivity contribution >= 4 is 17.3 Å².